The third-order valence-corrected chi connectivity index (χ3v) is 6.20. The number of hydrogen-bond donors (Lipinski definition) is 0. The maximum atomic E-state index is 13.0. The normalized spacial score (nSPS) is 13.0. The van der Waals surface area contributed by atoms with Crippen LogP contribution in [-0.4, -0.2) is 9.38 Å². The molecule has 0 radical (unpaired) electrons. The molecule has 3 aromatic heterocycles. The Morgan fingerprint density at radius 2 is 1.84 bits per heavy atom. The van der Waals surface area contributed by atoms with Crippen LogP contribution < -0.4 is 10.1 Å². The van der Waals surface area contributed by atoms with E-state index in [0.29, 0.717) is 26.6 Å². The molecule has 0 saturated carbocycles. The molecule has 0 amide bonds. The smallest absolute Gasteiger partial charge is 0.416 e. The van der Waals surface area contributed by atoms with Crippen molar-refractivity contribution in [2.45, 2.75) is 20.0 Å². The van der Waals surface area contributed by atoms with Crippen molar-refractivity contribution < 1.29 is 17.6 Å². The van der Waals surface area contributed by atoms with Gasteiger partial charge in [-0.05, 0) is 61.4 Å². The Kier molecular flexibility index (Phi) is 4.30. The molecule has 5 aromatic rings. The fourth-order valence-corrected chi connectivity index (χ4v) is 4.45. The zero-order valence-electron chi connectivity index (χ0n) is 16.4. The Labute approximate surface area is 177 Å². The number of aromatic nitrogens is 2. The van der Waals surface area contributed by atoms with Crippen LogP contribution in [0.15, 0.2) is 57.7 Å². The van der Waals surface area contributed by atoms with Crippen molar-refractivity contribution in [3.63, 3.8) is 0 Å². The summed E-state index contributed by atoms with van der Waals surface area (Å²) in [6, 6.07) is 12.1. The van der Waals surface area contributed by atoms with Gasteiger partial charge in [-0.25, -0.2) is 9.38 Å². The molecule has 0 aliphatic rings. The Morgan fingerprint density at radius 3 is 2.61 bits per heavy atom. The second kappa shape index (κ2) is 6.81. The summed E-state index contributed by atoms with van der Waals surface area (Å²) in [5.41, 5.74) is 3.06. The standard InChI is InChI=1S/C23H15F3N2O2S/c1-12-8-17-18(9-13(12)2)28-21(29)20(31-22(28)27-17)11-16-6-7-19(30-16)14-4-3-5-15(10-14)23(24,25)26/h3-11H,1-2H3/b20-11-. The van der Waals surface area contributed by atoms with E-state index in [4.69, 9.17) is 4.42 Å². The number of halogens is 3. The number of nitrogens with zero attached hydrogens (tertiary/aromatic N) is 2. The van der Waals surface area contributed by atoms with Gasteiger partial charge in [-0.2, -0.15) is 13.2 Å². The number of furan rings is 1. The first-order chi connectivity index (χ1) is 14.7. The van der Waals surface area contributed by atoms with E-state index >= 15 is 0 Å². The van der Waals surface area contributed by atoms with E-state index in [0.717, 1.165) is 34.3 Å². The van der Waals surface area contributed by atoms with Crippen LogP contribution in [0, 0.1) is 13.8 Å². The molecule has 8 heteroatoms. The second-order valence-electron chi connectivity index (χ2n) is 7.35. The minimum Gasteiger partial charge on any atom is -0.457 e. The van der Waals surface area contributed by atoms with Gasteiger partial charge in [0.25, 0.3) is 5.56 Å². The van der Waals surface area contributed by atoms with Gasteiger partial charge in [0.1, 0.15) is 16.1 Å². The average molecular weight is 440 g/mol. The van der Waals surface area contributed by atoms with Gasteiger partial charge in [0, 0.05) is 11.6 Å². The highest BCUT2D eigenvalue weighted by atomic mass is 32.1. The van der Waals surface area contributed by atoms with Gasteiger partial charge in [0.2, 0.25) is 0 Å². The van der Waals surface area contributed by atoms with Gasteiger partial charge in [-0.3, -0.25) is 4.79 Å². The number of alkyl halides is 3. The SMILES string of the molecule is Cc1cc2nc3s/c(=C\c4ccc(-c5cccc(C(F)(F)F)c5)o4)c(=O)n3c2cc1C. The first-order valence-electron chi connectivity index (χ1n) is 9.42. The lowest BCUT2D eigenvalue weighted by molar-refractivity contribution is -0.137. The van der Waals surface area contributed by atoms with Crippen LogP contribution in [-0.2, 0) is 6.18 Å². The molecule has 156 valence electrons. The van der Waals surface area contributed by atoms with Crippen LogP contribution in [0.1, 0.15) is 22.5 Å². The molecule has 0 N–H and O–H groups in total. The molecule has 0 atom stereocenters. The van der Waals surface area contributed by atoms with Crippen LogP contribution in [0.3, 0.4) is 0 Å². The van der Waals surface area contributed by atoms with Crippen LogP contribution in [0.5, 0.6) is 0 Å². The van der Waals surface area contributed by atoms with E-state index in [-0.39, 0.29) is 5.56 Å². The number of thiazole rings is 1. The van der Waals surface area contributed by atoms with E-state index in [1.165, 1.54) is 17.4 Å². The van der Waals surface area contributed by atoms with Crippen molar-refractivity contribution in [3.05, 3.63) is 85.9 Å². The fourth-order valence-electron chi connectivity index (χ4n) is 3.48. The Bertz CT molecular complexity index is 1570. The highest BCUT2D eigenvalue weighted by molar-refractivity contribution is 7.15. The highest BCUT2D eigenvalue weighted by Crippen LogP contribution is 2.32. The van der Waals surface area contributed by atoms with Gasteiger partial charge >= 0.3 is 6.18 Å². The molecule has 0 aliphatic heterocycles. The number of benzene rings is 2. The van der Waals surface area contributed by atoms with Crippen molar-refractivity contribution >= 4 is 33.4 Å². The van der Waals surface area contributed by atoms with Gasteiger partial charge in [-0.15, -0.1) is 0 Å². The summed E-state index contributed by atoms with van der Waals surface area (Å²) in [6.45, 7) is 3.98. The molecule has 0 saturated heterocycles. The lowest BCUT2D eigenvalue weighted by Crippen LogP contribution is -2.22. The zero-order chi connectivity index (χ0) is 21.9. The number of hydrogen-bond acceptors (Lipinski definition) is 4. The molecule has 0 fully saturated rings. The summed E-state index contributed by atoms with van der Waals surface area (Å²) in [5, 5.41) is 0. The maximum absolute atomic E-state index is 13.0. The van der Waals surface area contributed by atoms with Crippen molar-refractivity contribution in [1.29, 1.82) is 0 Å². The molecule has 4 nitrogen and oxygen atoms in total. The summed E-state index contributed by atoms with van der Waals surface area (Å²) in [6.07, 6.45) is -2.84. The molecular weight excluding hydrogens is 425 g/mol. The number of imidazole rings is 1. The average Bonchev–Trinajstić information content (AvgIpc) is 3.39. The predicted octanol–water partition coefficient (Wildman–Crippen LogP) is 5.35. The van der Waals surface area contributed by atoms with E-state index in [9.17, 15) is 18.0 Å². The summed E-state index contributed by atoms with van der Waals surface area (Å²) in [7, 11) is 0. The molecule has 0 bridgehead atoms. The molecule has 31 heavy (non-hydrogen) atoms. The fraction of sp³-hybridized carbons (Fsp3) is 0.130. The minimum atomic E-state index is -4.43. The quantitative estimate of drug-likeness (QED) is 0.372. The predicted molar refractivity (Wildman–Crippen MR) is 114 cm³/mol. The van der Waals surface area contributed by atoms with E-state index in [1.807, 2.05) is 26.0 Å². The summed E-state index contributed by atoms with van der Waals surface area (Å²) in [5.74, 6) is 0.674. The third kappa shape index (κ3) is 3.33. The van der Waals surface area contributed by atoms with Gasteiger partial charge in [-0.1, -0.05) is 23.5 Å². The molecule has 0 unspecified atom stereocenters. The molecule has 2 aromatic carbocycles. The van der Waals surface area contributed by atoms with Crippen LogP contribution in [0.25, 0.3) is 33.4 Å². The number of aryl methyl sites for hydroxylation is 2. The Hall–Kier alpha value is -3.39. The number of rotatable bonds is 2. The molecule has 0 spiro atoms. The summed E-state index contributed by atoms with van der Waals surface area (Å²) >= 11 is 1.24. The first-order valence-corrected chi connectivity index (χ1v) is 10.2. The van der Waals surface area contributed by atoms with Crippen molar-refractivity contribution in [3.8, 4) is 11.3 Å². The summed E-state index contributed by atoms with van der Waals surface area (Å²) < 4.78 is 46.6. The lowest BCUT2D eigenvalue weighted by atomic mass is 10.1. The third-order valence-electron chi connectivity index (χ3n) is 5.23. The topological polar surface area (TPSA) is 47.5 Å². The van der Waals surface area contributed by atoms with Gasteiger partial charge in [0.05, 0.1) is 16.6 Å². The van der Waals surface area contributed by atoms with E-state index in [2.05, 4.69) is 4.98 Å². The maximum Gasteiger partial charge on any atom is 0.416 e. The van der Waals surface area contributed by atoms with E-state index < -0.39 is 11.7 Å². The first kappa shape index (κ1) is 19.6. The monoisotopic (exact) mass is 440 g/mol. The van der Waals surface area contributed by atoms with Gasteiger partial charge < -0.3 is 4.42 Å². The molecular formula is C23H15F3N2O2S. The number of fused-ring (bicyclic) bond motifs is 3. The molecule has 5 rings (SSSR count). The van der Waals surface area contributed by atoms with Crippen molar-refractivity contribution in [2.24, 2.45) is 0 Å². The largest absolute Gasteiger partial charge is 0.457 e. The van der Waals surface area contributed by atoms with Crippen LogP contribution >= 0.6 is 11.3 Å². The van der Waals surface area contributed by atoms with Gasteiger partial charge in [0.15, 0.2) is 4.96 Å². The van der Waals surface area contributed by atoms with E-state index in [1.54, 1.807) is 28.7 Å². The second-order valence-corrected chi connectivity index (χ2v) is 8.36. The molecule has 0 aliphatic carbocycles. The zero-order valence-corrected chi connectivity index (χ0v) is 17.3. The highest BCUT2D eigenvalue weighted by Gasteiger charge is 2.30. The van der Waals surface area contributed by atoms with Crippen molar-refractivity contribution in [2.75, 3.05) is 0 Å². The van der Waals surface area contributed by atoms with Crippen LogP contribution in [0.2, 0.25) is 0 Å². The van der Waals surface area contributed by atoms with Crippen molar-refractivity contribution in [1.82, 2.24) is 9.38 Å². The Balaban J connectivity index is 1.58. The summed E-state index contributed by atoms with van der Waals surface area (Å²) in [4.78, 5) is 18.1. The molecule has 3 heterocycles. The van der Waals surface area contributed by atoms with Crippen LogP contribution in [0.4, 0.5) is 13.2 Å². The minimum absolute atomic E-state index is 0.206. The lowest BCUT2D eigenvalue weighted by Gasteiger charge is -2.07. The Morgan fingerprint density at radius 1 is 1.06 bits per heavy atom.